The molecule has 4 aromatic rings. The number of carbonyl (C=O) groups excluding carboxylic acids is 1. The van der Waals surface area contributed by atoms with E-state index in [2.05, 4.69) is 10.2 Å². The van der Waals surface area contributed by atoms with E-state index >= 15 is 0 Å². The number of nitrogens with zero attached hydrogens (tertiary/aromatic N) is 3. The van der Waals surface area contributed by atoms with Gasteiger partial charge in [0.25, 0.3) is 5.89 Å². The first-order valence-electron chi connectivity index (χ1n) is 8.85. The Balaban J connectivity index is 1.61. The molecule has 0 saturated heterocycles. The molecule has 0 radical (unpaired) electrons. The molecule has 0 N–H and O–H groups in total. The quantitative estimate of drug-likeness (QED) is 0.486. The fourth-order valence-corrected chi connectivity index (χ4v) is 2.97. The lowest BCUT2D eigenvalue weighted by Gasteiger charge is -2.09. The van der Waals surface area contributed by atoms with Crippen LogP contribution in [-0.2, 0) is 29.1 Å². The van der Waals surface area contributed by atoms with E-state index in [-0.39, 0.29) is 19.1 Å². The van der Waals surface area contributed by atoms with E-state index in [0.717, 1.165) is 16.5 Å². The lowest BCUT2D eigenvalue weighted by Crippen LogP contribution is -2.14. The summed E-state index contributed by atoms with van der Waals surface area (Å²) in [4.78, 5) is 12.5. The molecule has 0 unspecified atom stereocenters. The van der Waals surface area contributed by atoms with Gasteiger partial charge < -0.3 is 13.7 Å². The third-order valence-corrected chi connectivity index (χ3v) is 4.33. The average Bonchev–Trinajstić information content (AvgIpc) is 3.32. The first-order chi connectivity index (χ1) is 13.2. The molecule has 2 heterocycles. The number of benzene rings is 2. The van der Waals surface area contributed by atoms with Crippen molar-refractivity contribution >= 4 is 16.9 Å². The van der Waals surface area contributed by atoms with Crippen molar-refractivity contribution in [3.05, 3.63) is 72.1 Å². The van der Waals surface area contributed by atoms with E-state index in [4.69, 9.17) is 9.15 Å². The van der Waals surface area contributed by atoms with E-state index in [0.29, 0.717) is 23.9 Å². The van der Waals surface area contributed by atoms with E-state index < -0.39 is 0 Å². The predicted octanol–water partition coefficient (Wildman–Crippen LogP) is 4.00. The molecule has 27 heavy (non-hydrogen) atoms. The number of rotatable bonds is 6. The maximum atomic E-state index is 12.5. The molecule has 0 bridgehead atoms. The summed E-state index contributed by atoms with van der Waals surface area (Å²) in [5.41, 5.74) is 2.58. The normalized spacial score (nSPS) is 11.0. The number of hydrogen-bond donors (Lipinski definition) is 0. The summed E-state index contributed by atoms with van der Waals surface area (Å²) < 4.78 is 13.0. The van der Waals surface area contributed by atoms with E-state index in [1.165, 1.54) is 0 Å². The Morgan fingerprint density at radius 3 is 2.63 bits per heavy atom. The third kappa shape index (κ3) is 3.60. The molecule has 0 spiro atoms. The first-order valence-corrected chi connectivity index (χ1v) is 8.85. The van der Waals surface area contributed by atoms with Gasteiger partial charge in [-0.1, -0.05) is 55.5 Å². The number of fused-ring (bicyclic) bond motifs is 1. The summed E-state index contributed by atoms with van der Waals surface area (Å²) in [6.07, 6.45) is 0.659. The molecule has 136 valence electrons. The second-order valence-electron chi connectivity index (χ2n) is 6.18. The van der Waals surface area contributed by atoms with Crippen molar-refractivity contribution in [3.63, 3.8) is 0 Å². The van der Waals surface area contributed by atoms with Crippen molar-refractivity contribution in [2.75, 3.05) is 0 Å². The van der Waals surface area contributed by atoms with Crippen molar-refractivity contribution in [3.8, 4) is 11.6 Å². The van der Waals surface area contributed by atoms with Gasteiger partial charge in [-0.05, 0) is 17.7 Å². The van der Waals surface area contributed by atoms with Crippen LogP contribution in [0.1, 0.15) is 18.4 Å². The number of ether oxygens (including phenoxy) is 1. The fourth-order valence-electron chi connectivity index (χ4n) is 2.97. The summed E-state index contributed by atoms with van der Waals surface area (Å²) in [5.74, 6) is 0.643. The van der Waals surface area contributed by atoms with Gasteiger partial charge in [0.2, 0.25) is 5.89 Å². The molecule has 6 heteroatoms. The van der Waals surface area contributed by atoms with Gasteiger partial charge in [0.05, 0.1) is 0 Å². The standard InChI is InChI=1S/C21H19N3O3/c1-2-19-22-23-21(27-19)18-12-16-10-6-7-11-17(16)24(18)13-20(25)26-14-15-8-4-3-5-9-15/h3-12H,2,13-14H2,1H3. The zero-order valence-corrected chi connectivity index (χ0v) is 15.0. The molecule has 0 amide bonds. The van der Waals surface area contributed by atoms with Gasteiger partial charge in [-0.3, -0.25) is 4.79 Å². The van der Waals surface area contributed by atoms with Gasteiger partial charge >= 0.3 is 5.97 Å². The molecule has 2 aromatic carbocycles. The van der Waals surface area contributed by atoms with E-state index in [9.17, 15) is 4.79 Å². The van der Waals surface area contributed by atoms with Crippen LogP contribution in [0.15, 0.2) is 65.1 Å². The SMILES string of the molecule is CCc1nnc(-c2cc3ccccc3n2CC(=O)OCc2ccccc2)o1. The Morgan fingerprint density at radius 1 is 1.07 bits per heavy atom. The Morgan fingerprint density at radius 2 is 1.85 bits per heavy atom. The molecule has 0 aliphatic rings. The Hall–Kier alpha value is -3.41. The lowest BCUT2D eigenvalue weighted by atomic mass is 10.2. The number of para-hydroxylation sites is 1. The maximum absolute atomic E-state index is 12.5. The highest BCUT2D eigenvalue weighted by Gasteiger charge is 2.18. The van der Waals surface area contributed by atoms with Gasteiger partial charge in [0.15, 0.2) is 0 Å². The van der Waals surface area contributed by atoms with E-state index in [1.54, 1.807) is 0 Å². The van der Waals surface area contributed by atoms with Crippen LogP contribution in [0.25, 0.3) is 22.5 Å². The largest absolute Gasteiger partial charge is 0.459 e. The molecule has 0 fully saturated rings. The van der Waals surface area contributed by atoms with Crippen molar-refractivity contribution in [1.29, 1.82) is 0 Å². The Kier molecular flexibility index (Phi) is 4.70. The second-order valence-corrected chi connectivity index (χ2v) is 6.18. The van der Waals surface area contributed by atoms with Crippen LogP contribution in [0.4, 0.5) is 0 Å². The molecule has 2 aromatic heterocycles. The highest BCUT2D eigenvalue weighted by Crippen LogP contribution is 2.27. The summed E-state index contributed by atoms with van der Waals surface area (Å²) in [6.45, 7) is 2.27. The fraction of sp³-hybridized carbons (Fsp3) is 0.190. The summed E-state index contributed by atoms with van der Waals surface area (Å²) in [5, 5.41) is 9.16. The lowest BCUT2D eigenvalue weighted by molar-refractivity contribution is -0.145. The van der Waals surface area contributed by atoms with Gasteiger partial charge in [-0.15, -0.1) is 10.2 Å². The first kappa shape index (κ1) is 17.0. The van der Waals surface area contributed by atoms with Gasteiger partial charge in [-0.2, -0.15) is 0 Å². The average molecular weight is 361 g/mol. The maximum Gasteiger partial charge on any atom is 0.326 e. The molecular formula is C21H19N3O3. The molecular weight excluding hydrogens is 342 g/mol. The smallest absolute Gasteiger partial charge is 0.326 e. The topological polar surface area (TPSA) is 70.2 Å². The number of aryl methyl sites for hydroxylation is 1. The van der Waals surface area contributed by atoms with Crippen molar-refractivity contribution in [2.24, 2.45) is 0 Å². The van der Waals surface area contributed by atoms with Crippen LogP contribution >= 0.6 is 0 Å². The van der Waals surface area contributed by atoms with Crippen LogP contribution in [0, 0.1) is 0 Å². The molecule has 0 saturated carbocycles. The van der Waals surface area contributed by atoms with Crippen LogP contribution in [0.3, 0.4) is 0 Å². The highest BCUT2D eigenvalue weighted by molar-refractivity contribution is 5.87. The van der Waals surface area contributed by atoms with Gasteiger partial charge in [-0.25, -0.2) is 0 Å². The van der Waals surface area contributed by atoms with E-state index in [1.807, 2.05) is 72.2 Å². The molecule has 0 atom stereocenters. The van der Waals surface area contributed by atoms with Crippen molar-refractivity contribution < 1.29 is 13.9 Å². The van der Waals surface area contributed by atoms with Crippen LogP contribution in [0.5, 0.6) is 0 Å². The van der Waals surface area contributed by atoms with Gasteiger partial charge in [0, 0.05) is 17.3 Å². The highest BCUT2D eigenvalue weighted by atomic mass is 16.5. The molecule has 0 aliphatic heterocycles. The minimum absolute atomic E-state index is 0.0690. The third-order valence-electron chi connectivity index (χ3n) is 4.33. The van der Waals surface area contributed by atoms with Crippen molar-refractivity contribution in [2.45, 2.75) is 26.5 Å². The second kappa shape index (κ2) is 7.45. The van der Waals surface area contributed by atoms with Crippen LogP contribution in [-0.4, -0.2) is 20.7 Å². The minimum Gasteiger partial charge on any atom is -0.459 e. The van der Waals surface area contributed by atoms with Crippen LogP contribution < -0.4 is 0 Å². The van der Waals surface area contributed by atoms with Crippen LogP contribution in [0.2, 0.25) is 0 Å². The molecule has 0 aliphatic carbocycles. The summed E-state index contributed by atoms with van der Waals surface area (Å²) >= 11 is 0. The monoisotopic (exact) mass is 361 g/mol. The molecule has 6 nitrogen and oxygen atoms in total. The van der Waals surface area contributed by atoms with Gasteiger partial charge in [0.1, 0.15) is 18.8 Å². The Labute approximate surface area is 156 Å². The predicted molar refractivity (Wildman–Crippen MR) is 101 cm³/mol. The van der Waals surface area contributed by atoms with Crippen molar-refractivity contribution in [1.82, 2.24) is 14.8 Å². The number of carbonyl (C=O) groups is 1. The number of hydrogen-bond acceptors (Lipinski definition) is 5. The minimum atomic E-state index is -0.323. The molecule has 4 rings (SSSR count). The summed E-state index contributed by atoms with van der Waals surface area (Å²) in [6, 6.07) is 19.4. The zero-order valence-electron chi connectivity index (χ0n) is 15.0. The Bertz CT molecular complexity index is 1070. The number of aromatic nitrogens is 3. The zero-order chi connectivity index (χ0) is 18.6. The summed E-state index contributed by atoms with van der Waals surface area (Å²) in [7, 11) is 0. The number of esters is 1.